The van der Waals surface area contributed by atoms with Crippen LogP contribution in [0.4, 0.5) is 5.82 Å². The number of benzene rings is 1. The zero-order chi connectivity index (χ0) is 13.9. The van der Waals surface area contributed by atoms with Crippen molar-refractivity contribution in [2.45, 2.75) is 51.5 Å². The minimum Gasteiger partial charge on any atom is -0.384 e. The van der Waals surface area contributed by atoms with Crippen LogP contribution >= 0.6 is 0 Å². The van der Waals surface area contributed by atoms with Crippen LogP contribution in [0.25, 0.3) is 11.4 Å². The molecule has 106 valence electrons. The molecule has 1 saturated carbocycles. The van der Waals surface area contributed by atoms with Gasteiger partial charge in [-0.1, -0.05) is 50.1 Å². The predicted molar refractivity (Wildman–Crippen MR) is 83.6 cm³/mol. The lowest BCUT2D eigenvalue weighted by Crippen LogP contribution is -2.12. The quantitative estimate of drug-likeness (QED) is 0.884. The first kappa shape index (κ1) is 13.2. The summed E-state index contributed by atoms with van der Waals surface area (Å²) in [4.78, 5) is 4.89. The third-order valence-electron chi connectivity index (χ3n) is 4.29. The van der Waals surface area contributed by atoms with E-state index in [0.717, 1.165) is 30.3 Å². The van der Waals surface area contributed by atoms with Crippen molar-refractivity contribution in [1.82, 2.24) is 9.55 Å². The van der Waals surface area contributed by atoms with E-state index in [4.69, 9.17) is 10.7 Å². The molecule has 2 N–H and O–H groups in total. The van der Waals surface area contributed by atoms with E-state index >= 15 is 0 Å². The molecule has 0 unspecified atom stereocenters. The average molecular weight is 269 g/mol. The number of anilines is 1. The lowest BCUT2D eigenvalue weighted by Gasteiger charge is -2.24. The number of hydrogen-bond donors (Lipinski definition) is 1. The van der Waals surface area contributed by atoms with E-state index in [0.29, 0.717) is 5.92 Å². The topological polar surface area (TPSA) is 43.8 Å². The average Bonchev–Trinajstić information content (AvgIpc) is 2.73. The third-order valence-corrected chi connectivity index (χ3v) is 4.29. The maximum absolute atomic E-state index is 6.39. The highest BCUT2D eigenvalue weighted by Gasteiger charge is 2.27. The molecule has 0 spiro atoms. The number of nitrogen functional groups attached to an aromatic ring is 1. The van der Waals surface area contributed by atoms with E-state index in [1.807, 2.05) is 6.07 Å². The van der Waals surface area contributed by atoms with Crippen LogP contribution in [0.3, 0.4) is 0 Å². The molecule has 1 aliphatic rings. The molecule has 3 nitrogen and oxygen atoms in total. The number of unbranched alkanes of at least 4 members (excludes halogenated alkanes) is 1. The zero-order valence-corrected chi connectivity index (χ0v) is 12.2. The van der Waals surface area contributed by atoms with Crippen LogP contribution in [0, 0.1) is 0 Å². The summed E-state index contributed by atoms with van der Waals surface area (Å²) in [6.45, 7) is 3.18. The largest absolute Gasteiger partial charge is 0.384 e. The summed E-state index contributed by atoms with van der Waals surface area (Å²) in [5.74, 6) is 2.51. The van der Waals surface area contributed by atoms with Gasteiger partial charge in [0, 0.05) is 18.0 Å². The molecule has 2 aromatic rings. The Morgan fingerprint density at radius 2 is 2.00 bits per heavy atom. The summed E-state index contributed by atoms with van der Waals surface area (Å²) in [6.07, 6.45) is 6.11. The lowest BCUT2D eigenvalue weighted by atomic mass is 9.83. The molecule has 0 saturated heterocycles. The Balaban J connectivity index is 2.02. The van der Waals surface area contributed by atoms with Crippen LogP contribution in [-0.2, 0) is 6.54 Å². The monoisotopic (exact) mass is 269 g/mol. The molecule has 3 heteroatoms. The van der Waals surface area contributed by atoms with Crippen molar-refractivity contribution in [2.75, 3.05) is 5.73 Å². The third kappa shape index (κ3) is 2.33. The predicted octanol–water partition coefficient (Wildman–Crippen LogP) is 4.20. The van der Waals surface area contributed by atoms with Gasteiger partial charge < -0.3 is 10.3 Å². The highest BCUT2D eigenvalue weighted by atomic mass is 15.1. The summed E-state index contributed by atoms with van der Waals surface area (Å²) in [6, 6.07) is 10.4. The second kappa shape index (κ2) is 5.70. The standard InChI is InChI=1S/C17H23N3/c1-2-3-12-20-16(18)15(13-10-7-11-13)19-17(20)14-8-5-4-6-9-14/h4-6,8-9,13H,2-3,7,10-12,18H2,1H3. The first-order valence-electron chi connectivity index (χ1n) is 7.72. The van der Waals surface area contributed by atoms with Gasteiger partial charge in [-0.15, -0.1) is 0 Å². The molecule has 0 bridgehead atoms. The first-order chi connectivity index (χ1) is 9.81. The maximum atomic E-state index is 6.39. The molecule has 0 aliphatic heterocycles. The van der Waals surface area contributed by atoms with E-state index in [1.165, 1.54) is 31.2 Å². The van der Waals surface area contributed by atoms with E-state index < -0.39 is 0 Å². The van der Waals surface area contributed by atoms with E-state index in [1.54, 1.807) is 0 Å². The van der Waals surface area contributed by atoms with Crippen molar-refractivity contribution in [3.63, 3.8) is 0 Å². The molecule has 0 radical (unpaired) electrons. The zero-order valence-electron chi connectivity index (χ0n) is 12.2. The van der Waals surface area contributed by atoms with Gasteiger partial charge in [-0.2, -0.15) is 0 Å². The molecule has 0 atom stereocenters. The molecular formula is C17H23N3. The van der Waals surface area contributed by atoms with Crippen molar-refractivity contribution in [1.29, 1.82) is 0 Å². The van der Waals surface area contributed by atoms with Gasteiger partial charge in [-0.25, -0.2) is 4.98 Å². The van der Waals surface area contributed by atoms with Gasteiger partial charge in [0.2, 0.25) is 0 Å². The SMILES string of the molecule is CCCCn1c(-c2ccccc2)nc(C2CCC2)c1N. The molecule has 1 heterocycles. The Bertz CT molecular complexity index is 567. The lowest BCUT2D eigenvalue weighted by molar-refractivity contribution is 0.413. The van der Waals surface area contributed by atoms with Crippen LogP contribution in [0.1, 0.15) is 50.6 Å². The van der Waals surface area contributed by atoms with Crippen LogP contribution in [0.2, 0.25) is 0 Å². The van der Waals surface area contributed by atoms with Crippen LogP contribution in [-0.4, -0.2) is 9.55 Å². The highest BCUT2D eigenvalue weighted by Crippen LogP contribution is 2.40. The van der Waals surface area contributed by atoms with Crippen LogP contribution in [0.5, 0.6) is 0 Å². The summed E-state index contributed by atoms with van der Waals surface area (Å²) < 4.78 is 2.21. The van der Waals surface area contributed by atoms with Gasteiger partial charge in [0.05, 0.1) is 5.69 Å². The minimum absolute atomic E-state index is 0.584. The summed E-state index contributed by atoms with van der Waals surface area (Å²) in [7, 11) is 0. The second-order valence-corrected chi connectivity index (χ2v) is 5.70. The fourth-order valence-electron chi connectivity index (χ4n) is 2.82. The van der Waals surface area contributed by atoms with Crippen molar-refractivity contribution >= 4 is 5.82 Å². The van der Waals surface area contributed by atoms with Crippen molar-refractivity contribution < 1.29 is 0 Å². The molecule has 1 aliphatic carbocycles. The van der Waals surface area contributed by atoms with Gasteiger partial charge in [-0.05, 0) is 19.3 Å². The summed E-state index contributed by atoms with van der Waals surface area (Å²) in [5, 5.41) is 0. The summed E-state index contributed by atoms with van der Waals surface area (Å²) >= 11 is 0. The number of nitrogens with zero attached hydrogens (tertiary/aromatic N) is 2. The number of hydrogen-bond acceptors (Lipinski definition) is 2. The van der Waals surface area contributed by atoms with E-state index in [2.05, 4.69) is 35.8 Å². The Morgan fingerprint density at radius 3 is 2.60 bits per heavy atom. The summed E-state index contributed by atoms with van der Waals surface area (Å²) in [5.41, 5.74) is 8.69. The number of nitrogens with two attached hydrogens (primary N) is 1. The molecule has 1 fully saturated rings. The Kier molecular flexibility index (Phi) is 3.77. The number of aromatic nitrogens is 2. The maximum Gasteiger partial charge on any atom is 0.141 e. The van der Waals surface area contributed by atoms with Gasteiger partial charge in [0.1, 0.15) is 11.6 Å². The molecule has 0 amide bonds. The number of imidazole rings is 1. The van der Waals surface area contributed by atoms with Gasteiger partial charge >= 0.3 is 0 Å². The van der Waals surface area contributed by atoms with Crippen LogP contribution in [0.15, 0.2) is 30.3 Å². The smallest absolute Gasteiger partial charge is 0.141 e. The fourth-order valence-corrected chi connectivity index (χ4v) is 2.82. The van der Waals surface area contributed by atoms with Crippen molar-refractivity contribution in [2.24, 2.45) is 0 Å². The number of rotatable bonds is 5. The van der Waals surface area contributed by atoms with Crippen molar-refractivity contribution in [3.05, 3.63) is 36.0 Å². The van der Waals surface area contributed by atoms with Crippen LogP contribution < -0.4 is 5.73 Å². The Morgan fingerprint density at radius 1 is 1.25 bits per heavy atom. The fraction of sp³-hybridized carbons (Fsp3) is 0.471. The first-order valence-corrected chi connectivity index (χ1v) is 7.72. The minimum atomic E-state index is 0.584. The second-order valence-electron chi connectivity index (χ2n) is 5.70. The van der Waals surface area contributed by atoms with E-state index in [-0.39, 0.29) is 0 Å². The Labute approximate surface area is 120 Å². The molecule has 3 rings (SSSR count). The molecule has 20 heavy (non-hydrogen) atoms. The van der Waals surface area contributed by atoms with Gasteiger partial charge in [0.15, 0.2) is 0 Å². The molecule has 1 aromatic carbocycles. The van der Waals surface area contributed by atoms with E-state index in [9.17, 15) is 0 Å². The highest BCUT2D eigenvalue weighted by molar-refractivity contribution is 5.61. The van der Waals surface area contributed by atoms with Gasteiger partial charge in [0.25, 0.3) is 0 Å². The normalized spacial score (nSPS) is 15.2. The van der Waals surface area contributed by atoms with Gasteiger partial charge in [-0.3, -0.25) is 0 Å². The molecular weight excluding hydrogens is 246 g/mol. The Hall–Kier alpha value is -1.77. The van der Waals surface area contributed by atoms with Crippen molar-refractivity contribution in [3.8, 4) is 11.4 Å². The molecule has 1 aromatic heterocycles.